The van der Waals surface area contributed by atoms with Crippen LogP contribution in [0, 0.1) is 0 Å². The van der Waals surface area contributed by atoms with Gasteiger partial charge in [0.05, 0.1) is 6.61 Å². The van der Waals surface area contributed by atoms with E-state index < -0.39 is 0 Å². The van der Waals surface area contributed by atoms with Crippen molar-refractivity contribution in [1.29, 1.82) is 0 Å². The van der Waals surface area contributed by atoms with Crippen molar-refractivity contribution in [2.24, 2.45) is 0 Å². The summed E-state index contributed by atoms with van der Waals surface area (Å²) in [5.41, 5.74) is 2.60. The Morgan fingerprint density at radius 3 is 2.62 bits per heavy atom. The maximum atomic E-state index is 9.93. The van der Waals surface area contributed by atoms with E-state index in [0.717, 1.165) is 12.8 Å². The summed E-state index contributed by atoms with van der Waals surface area (Å²) in [5, 5.41) is 0. The van der Waals surface area contributed by atoms with Crippen molar-refractivity contribution in [3.05, 3.63) is 35.4 Å². The van der Waals surface area contributed by atoms with Gasteiger partial charge >= 0.3 is 0 Å². The van der Waals surface area contributed by atoms with Crippen LogP contribution in [0.4, 0.5) is 0 Å². The van der Waals surface area contributed by atoms with E-state index >= 15 is 0 Å². The van der Waals surface area contributed by atoms with E-state index in [0.29, 0.717) is 13.1 Å². The molecule has 1 aromatic carbocycles. The lowest BCUT2D eigenvalue weighted by atomic mass is 10.0. The normalized spacial score (nSPS) is 9.62. The second-order valence-corrected chi connectivity index (χ2v) is 2.84. The van der Waals surface area contributed by atoms with Gasteiger partial charge in [-0.15, -0.1) is 0 Å². The van der Waals surface area contributed by atoms with E-state index in [4.69, 9.17) is 0 Å². The van der Waals surface area contributed by atoms with Crippen LogP contribution in [-0.4, -0.2) is 13.1 Å². The van der Waals surface area contributed by atoms with Gasteiger partial charge in [-0.2, -0.15) is 0 Å². The summed E-state index contributed by atoms with van der Waals surface area (Å²) >= 11 is 0. The molecule has 2 nitrogen and oxygen atoms in total. The molecule has 0 bridgehead atoms. The van der Waals surface area contributed by atoms with Gasteiger partial charge in [0.1, 0.15) is 0 Å². The first-order chi connectivity index (χ1) is 6.38. The molecule has 0 aliphatic heterocycles. The molecule has 1 aromatic rings. The molecule has 0 heterocycles. The van der Waals surface area contributed by atoms with Crippen molar-refractivity contribution in [3.63, 3.8) is 0 Å². The standard InChI is InChI=1S/C11H14O2/c1-2-10-5-3-4-6-11(10)7-8-13-9-12/h3-6,9H,2,7-8H2,1H3. The Morgan fingerprint density at radius 2 is 2.00 bits per heavy atom. The SMILES string of the molecule is CCc1ccccc1CCOC=O. The number of hydrogen-bond donors (Lipinski definition) is 0. The highest BCUT2D eigenvalue weighted by Gasteiger charge is 1.98. The zero-order valence-corrected chi connectivity index (χ0v) is 7.82. The summed E-state index contributed by atoms with van der Waals surface area (Å²) in [4.78, 5) is 9.93. The monoisotopic (exact) mass is 178 g/mol. The van der Waals surface area contributed by atoms with Crippen molar-refractivity contribution in [3.8, 4) is 0 Å². The summed E-state index contributed by atoms with van der Waals surface area (Å²) in [6.07, 6.45) is 1.83. The molecule has 0 aliphatic rings. The first-order valence-electron chi connectivity index (χ1n) is 4.50. The first-order valence-corrected chi connectivity index (χ1v) is 4.50. The number of hydrogen-bond acceptors (Lipinski definition) is 2. The Hall–Kier alpha value is -1.31. The summed E-state index contributed by atoms with van der Waals surface area (Å²) in [6, 6.07) is 8.22. The maximum absolute atomic E-state index is 9.93. The highest BCUT2D eigenvalue weighted by Crippen LogP contribution is 2.09. The number of benzene rings is 1. The fourth-order valence-corrected chi connectivity index (χ4v) is 1.36. The topological polar surface area (TPSA) is 26.3 Å². The Labute approximate surface area is 78.5 Å². The van der Waals surface area contributed by atoms with Gasteiger partial charge in [-0.1, -0.05) is 31.2 Å². The number of carbonyl (C=O) groups excluding carboxylic acids is 1. The Bertz CT molecular complexity index is 269. The molecule has 13 heavy (non-hydrogen) atoms. The molecule has 0 atom stereocenters. The molecular weight excluding hydrogens is 164 g/mol. The summed E-state index contributed by atoms with van der Waals surface area (Å²) in [5.74, 6) is 0. The minimum absolute atomic E-state index is 0.473. The van der Waals surface area contributed by atoms with Crippen LogP contribution in [0.25, 0.3) is 0 Å². The highest BCUT2D eigenvalue weighted by molar-refractivity contribution is 5.37. The molecule has 2 heteroatoms. The Balaban J connectivity index is 2.58. The molecule has 0 unspecified atom stereocenters. The largest absolute Gasteiger partial charge is 0.468 e. The van der Waals surface area contributed by atoms with Crippen molar-refractivity contribution >= 4 is 6.47 Å². The molecule has 0 spiro atoms. The molecule has 0 aliphatic carbocycles. The molecule has 0 fully saturated rings. The zero-order valence-electron chi connectivity index (χ0n) is 7.82. The molecule has 70 valence electrons. The molecule has 0 N–H and O–H groups in total. The second-order valence-electron chi connectivity index (χ2n) is 2.84. The quantitative estimate of drug-likeness (QED) is 0.509. The van der Waals surface area contributed by atoms with Gasteiger partial charge < -0.3 is 4.74 Å². The van der Waals surface area contributed by atoms with Crippen molar-refractivity contribution < 1.29 is 9.53 Å². The lowest BCUT2D eigenvalue weighted by Crippen LogP contribution is -1.99. The van der Waals surface area contributed by atoms with E-state index in [1.807, 2.05) is 12.1 Å². The minimum atomic E-state index is 0.473. The van der Waals surface area contributed by atoms with Gasteiger partial charge in [-0.05, 0) is 17.5 Å². The second kappa shape index (κ2) is 5.36. The lowest BCUT2D eigenvalue weighted by Gasteiger charge is -2.05. The third-order valence-electron chi connectivity index (χ3n) is 2.06. The summed E-state index contributed by atoms with van der Waals surface area (Å²) < 4.78 is 4.66. The van der Waals surface area contributed by atoms with E-state index in [-0.39, 0.29) is 0 Å². The van der Waals surface area contributed by atoms with Crippen LogP contribution in [0.5, 0.6) is 0 Å². The lowest BCUT2D eigenvalue weighted by molar-refractivity contribution is -0.128. The number of aryl methyl sites for hydroxylation is 1. The van der Waals surface area contributed by atoms with E-state index in [2.05, 4.69) is 23.8 Å². The van der Waals surface area contributed by atoms with Gasteiger partial charge in [0, 0.05) is 6.42 Å². The van der Waals surface area contributed by atoms with E-state index in [9.17, 15) is 4.79 Å². The minimum Gasteiger partial charge on any atom is -0.468 e. The smallest absolute Gasteiger partial charge is 0.293 e. The third kappa shape index (κ3) is 2.90. The van der Waals surface area contributed by atoms with Crippen LogP contribution in [0.1, 0.15) is 18.1 Å². The molecule has 0 aromatic heterocycles. The van der Waals surface area contributed by atoms with Crippen molar-refractivity contribution in [2.75, 3.05) is 6.61 Å². The van der Waals surface area contributed by atoms with Crippen LogP contribution in [-0.2, 0) is 22.4 Å². The van der Waals surface area contributed by atoms with Crippen LogP contribution in [0.15, 0.2) is 24.3 Å². The molecule has 0 radical (unpaired) electrons. The molecule has 0 saturated heterocycles. The highest BCUT2D eigenvalue weighted by atomic mass is 16.5. The summed E-state index contributed by atoms with van der Waals surface area (Å²) in [6.45, 7) is 3.09. The van der Waals surface area contributed by atoms with Crippen LogP contribution in [0.3, 0.4) is 0 Å². The van der Waals surface area contributed by atoms with E-state index in [1.165, 1.54) is 11.1 Å². The average Bonchev–Trinajstić information content (AvgIpc) is 2.19. The van der Waals surface area contributed by atoms with Gasteiger partial charge in [0.25, 0.3) is 6.47 Å². The Morgan fingerprint density at radius 1 is 1.31 bits per heavy atom. The van der Waals surface area contributed by atoms with Gasteiger partial charge in [-0.3, -0.25) is 4.79 Å². The molecule has 0 saturated carbocycles. The first kappa shape index (κ1) is 9.78. The predicted molar refractivity (Wildman–Crippen MR) is 51.5 cm³/mol. The third-order valence-corrected chi connectivity index (χ3v) is 2.06. The zero-order chi connectivity index (χ0) is 9.52. The van der Waals surface area contributed by atoms with E-state index in [1.54, 1.807) is 0 Å². The maximum Gasteiger partial charge on any atom is 0.293 e. The fraction of sp³-hybridized carbons (Fsp3) is 0.364. The van der Waals surface area contributed by atoms with Gasteiger partial charge in [-0.25, -0.2) is 0 Å². The Kier molecular flexibility index (Phi) is 4.03. The van der Waals surface area contributed by atoms with Crippen LogP contribution >= 0.6 is 0 Å². The number of ether oxygens (including phenoxy) is 1. The predicted octanol–water partition coefficient (Wildman–Crippen LogP) is 1.96. The fourth-order valence-electron chi connectivity index (χ4n) is 1.36. The summed E-state index contributed by atoms with van der Waals surface area (Å²) in [7, 11) is 0. The van der Waals surface area contributed by atoms with Gasteiger partial charge in [0.2, 0.25) is 0 Å². The van der Waals surface area contributed by atoms with Crippen LogP contribution in [0.2, 0.25) is 0 Å². The van der Waals surface area contributed by atoms with Crippen LogP contribution < -0.4 is 0 Å². The number of rotatable bonds is 5. The number of carbonyl (C=O) groups is 1. The van der Waals surface area contributed by atoms with Gasteiger partial charge in [0.15, 0.2) is 0 Å². The van der Waals surface area contributed by atoms with Crippen molar-refractivity contribution in [1.82, 2.24) is 0 Å². The molecule has 1 rings (SSSR count). The van der Waals surface area contributed by atoms with Crippen molar-refractivity contribution in [2.45, 2.75) is 19.8 Å². The molecular formula is C11H14O2. The average molecular weight is 178 g/mol. The molecule has 0 amide bonds.